The van der Waals surface area contributed by atoms with Gasteiger partial charge >= 0.3 is 5.97 Å². The van der Waals surface area contributed by atoms with Crippen LogP contribution < -0.4 is 4.74 Å². The smallest absolute Gasteiger partial charge is 0.335 e. The van der Waals surface area contributed by atoms with Crippen LogP contribution in [-0.2, 0) is 4.79 Å². The molecule has 0 unspecified atom stereocenters. The standard InChI is InChI=1S/C25H21NO6S/c1-15-4-3-5-18(12-15)31-11-10-26-23(27)22(33-25(26)30)14-19-8-9-21(32-19)20-13-17(24(28)29)7-6-16(20)2/h3-9,12-14H,10-11H2,1-2H3,(H,28,29)/b22-14-. The van der Waals surface area contributed by atoms with E-state index in [4.69, 9.17) is 9.15 Å². The van der Waals surface area contributed by atoms with Crippen LogP contribution in [0.1, 0.15) is 27.2 Å². The first-order valence-electron chi connectivity index (χ1n) is 10.2. The van der Waals surface area contributed by atoms with E-state index in [-0.39, 0.29) is 28.9 Å². The third kappa shape index (κ3) is 5.01. The number of carboxylic acid groups (broad SMARTS) is 1. The van der Waals surface area contributed by atoms with E-state index in [1.165, 1.54) is 12.1 Å². The van der Waals surface area contributed by atoms with Gasteiger partial charge in [0, 0.05) is 11.6 Å². The lowest BCUT2D eigenvalue weighted by molar-refractivity contribution is -0.123. The number of aromatic carboxylic acids is 1. The fourth-order valence-electron chi connectivity index (χ4n) is 3.38. The van der Waals surface area contributed by atoms with E-state index < -0.39 is 11.9 Å². The molecule has 8 heteroatoms. The Morgan fingerprint density at radius 3 is 2.70 bits per heavy atom. The van der Waals surface area contributed by atoms with Crippen molar-refractivity contribution in [3.63, 3.8) is 0 Å². The number of ether oxygens (including phenoxy) is 1. The lowest BCUT2D eigenvalue weighted by atomic mass is 10.0. The van der Waals surface area contributed by atoms with Gasteiger partial charge in [-0.05, 0) is 73.1 Å². The molecular formula is C25H21NO6S. The Balaban J connectivity index is 1.45. The van der Waals surface area contributed by atoms with E-state index >= 15 is 0 Å². The zero-order valence-corrected chi connectivity index (χ0v) is 18.8. The molecule has 7 nitrogen and oxygen atoms in total. The average molecular weight is 464 g/mol. The molecule has 4 rings (SSSR count). The van der Waals surface area contributed by atoms with Gasteiger partial charge < -0.3 is 14.3 Å². The van der Waals surface area contributed by atoms with E-state index in [1.54, 1.807) is 24.3 Å². The molecule has 1 fully saturated rings. The van der Waals surface area contributed by atoms with Crippen LogP contribution in [0.2, 0.25) is 0 Å². The fourth-order valence-corrected chi connectivity index (χ4v) is 4.22. The highest BCUT2D eigenvalue weighted by molar-refractivity contribution is 8.18. The van der Waals surface area contributed by atoms with Crippen molar-refractivity contribution >= 4 is 35.0 Å². The number of nitrogens with zero attached hydrogens (tertiary/aromatic N) is 1. The fraction of sp³-hybridized carbons (Fsp3) is 0.160. The summed E-state index contributed by atoms with van der Waals surface area (Å²) in [5, 5.41) is 8.87. The molecule has 0 radical (unpaired) electrons. The first-order valence-corrected chi connectivity index (χ1v) is 11.0. The number of hydrogen-bond acceptors (Lipinski definition) is 6. The van der Waals surface area contributed by atoms with Crippen molar-refractivity contribution in [3.8, 4) is 17.1 Å². The largest absolute Gasteiger partial charge is 0.492 e. The number of carboxylic acids is 1. The Bertz CT molecular complexity index is 1280. The molecule has 33 heavy (non-hydrogen) atoms. The maximum Gasteiger partial charge on any atom is 0.335 e. The summed E-state index contributed by atoms with van der Waals surface area (Å²) in [6.07, 6.45) is 1.52. The molecule has 2 heterocycles. The molecule has 2 aromatic carbocycles. The highest BCUT2D eigenvalue weighted by Gasteiger charge is 2.35. The Hall–Kier alpha value is -3.78. The predicted octanol–water partition coefficient (Wildman–Crippen LogP) is 5.38. The van der Waals surface area contributed by atoms with E-state index in [2.05, 4.69) is 0 Å². The van der Waals surface area contributed by atoms with Crippen LogP contribution in [0.4, 0.5) is 4.79 Å². The van der Waals surface area contributed by atoms with Gasteiger partial charge in [-0.1, -0.05) is 18.2 Å². The zero-order chi connectivity index (χ0) is 23.5. The van der Waals surface area contributed by atoms with Gasteiger partial charge in [-0.15, -0.1) is 0 Å². The van der Waals surface area contributed by atoms with Crippen LogP contribution in [-0.4, -0.2) is 40.3 Å². The number of rotatable bonds is 7. The quantitative estimate of drug-likeness (QED) is 0.470. The first kappa shape index (κ1) is 22.4. The van der Waals surface area contributed by atoms with Crippen LogP contribution in [0, 0.1) is 13.8 Å². The lowest BCUT2D eigenvalue weighted by Crippen LogP contribution is -2.32. The van der Waals surface area contributed by atoms with Gasteiger partial charge in [-0.2, -0.15) is 0 Å². The van der Waals surface area contributed by atoms with Gasteiger partial charge in [0.1, 0.15) is 23.9 Å². The maximum atomic E-state index is 12.7. The van der Waals surface area contributed by atoms with Gasteiger partial charge in [0.15, 0.2) is 0 Å². The van der Waals surface area contributed by atoms with Crippen LogP contribution >= 0.6 is 11.8 Å². The number of benzene rings is 2. The first-order chi connectivity index (χ1) is 15.8. The summed E-state index contributed by atoms with van der Waals surface area (Å²) in [7, 11) is 0. The molecule has 1 aliphatic rings. The summed E-state index contributed by atoms with van der Waals surface area (Å²) < 4.78 is 11.5. The Morgan fingerprint density at radius 1 is 1.12 bits per heavy atom. The van der Waals surface area contributed by atoms with Crippen molar-refractivity contribution in [2.75, 3.05) is 13.2 Å². The Morgan fingerprint density at radius 2 is 1.94 bits per heavy atom. The molecule has 1 aliphatic heterocycles. The van der Waals surface area contributed by atoms with Gasteiger partial charge in [-0.25, -0.2) is 4.79 Å². The normalized spacial score (nSPS) is 14.8. The number of thioether (sulfide) groups is 1. The van der Waals surface area contributed by atoms with Crippen molar-refractivity contribution in [2.45, 2.75) is 13.8 Å². The van der Waals surface area contributed by atoms with Gasteiger partial charge in [0.2, 0.25) is 0 Å². The molecule has 3 aromatic rings. The molecule has 1 aromatic heterocycles. The van der Waals surface area contributed by atoms with Crippen molar-refractivity contribution in [1.82, 2.24) is 4.90 Å². The topological polar surface area (TPSA) is 97.1 Å². The average Bonchev–Trinajstić information content (AvgIpc) is 3.34. The van der Waals surface area contributed by atoms with Gasteiger partial charge in [-0.3, -0.25) is 14.5 Å². The summed E-state index contributed by atoms with van der Waals surface area (Å²) in [4.78, 5) is 37.7. The number of carbonyl (C=O) groups is 3. The summed E-state index contributed by atoms with van der Waals surface area (Å²) in [6, 6.07) is 15.7. The number of hydrogen-bond donors (Lipinski definition) is 1. The lowest BCUT2D eigenvalue weighted by Gasteiger charge is -2.13. The van der Waals surface area contributed by atoms with E-state index in [9.17, 15) is 19.5 Å². The second-order valence-corrected chi connectivity index (χ2v) is 8.53. The Labute approximate surface area is 194 Å². The molecule has 1 N–H and O–H groups in total. The van der Waals surface area contributed by atoms with Crippen LogP contribution in [0.25, 0.3) is 17.4 Å². The monoisotopic (exact) mass is 463 g/mol. The number of carbonyl (C=O) groups excluding carboxylic acids is 2. The molecule has 0 atom stereocenters. The van der Waals surface area contributed by atoms with E-state index in [0.717, 1.165) is 27.8 Å². The molecular weight excluding hydrogens is 442 g/mol. The van der Waals surface area contributed by atoms with E-state index in [0.29, 0.717) is 22.8 Å². The SMILES string of the molecule is Cc1cccc(OCCN2C(=O)S/C(=C\c3ccc(-c4cc(C(=O)O)ccc4C)o3)C2=O)c1. The number of amides is 2. The van der Waals surface area contributed by atoms with Crippen LogP contribution in [0.5, 0.6) is 5.75 Å². The van der Waals surface area contributed by atoms with Gasteiger partial charge in [0.05, 0.1) is 17.0 Å². The summed E-state index contributed by atoms with van der Waals surface area (Å²) in [6.45, 7) is 4.14. The van der Waals surface area contributed by atoms with Crippen LogP contribution in [0.15, 0.2) is 63.9 Å². The second kappa shape index (κ2) is 9.38. The summed E-state index contributed by atoms with van der Waals surface area (Å²) in [5.74, 6) is 0.130. The minimum atomic E-state index is -1.02. The highest BCUT2D eigenvalue weighted by Crippen LogP contribution is 2.34. The molecule has 0 saturated carbocycles. The second-order valence-electron chi connectivity index (χ2n) is 7.54. The summed E-state index contributed by atoms with van der Waals surface area (Å²) >= 11 is 0.845. The molecule has 0 bridgehead atoms. The Kier molecular flexibility index (Phi) is 6.37. The molecule has 0 spiro atoms. The van der Waals surface area contributed by atoms with Crippen molar-refractivity contribution in [1.29, 1.82) is 0 Å². The number of imide groups is 1. The maximum absolute atomic E-state index is 12.7. The molecule has 1 saturated heterocycles. The number of aryl methyl sites for hydroxylation is 2. The van der Waals surface area contributed by atoms with Crippen molar-refractivity contribution in [2.24, 2.45) is 0 Å². The third-order valence-electron chi connectivity index (χ3n) is 5.10. The van der Waals surface area contributed by atoms with Crippen LogP contribution in [0.3, 0.4) is 0 Å². The molecule has 168 valence electrons. The van der Waals surface area contributed by atoms with Crippen molar-refractivity contribution in [3.05, 3.63) is 82.0 Å². The van der Waals surface area contributed by atoms with Crippen molar-refractivity contribution < 1.29 is 28.6 Å². The minimum absolute atomic E-state index is 0.139. The number of furan rings is 1. The minimum Gasteiger partial charge on any atom is -0.492 e. The predicted molar refractivity (Wildman–Crippen MR) is 125 cm³/mol. The highest BCUT2D eigenvalue weighted by atomic mass is 32.2. The summed E-state index contributed by atoms with van der Waals surface area (Å²) in [5.41, 5.74) is 2.72. The molecule has 0 aliphatic carbocycles. The third-order valence-corrected chi connectivity index (χ3v) is 6.00. The van der Waals surface area contributed by atoms with E-state index in [1.807, 2.05) is 38.1 Å². The van der Waals surface area contributed by atoms with Gasteiger partial charge in [0.25, 0.3) is 11.1 Å². The zero-order valence-electron chi connectivity index (χ0n) is 18.0. The molecule has 2 amide bonds.